The van der Waals surface area contributed by atoms with Crippen molar-refractivity contribution in [3.05, 3.63) is 24.3 Å². The first-order valence-electron chi connectivity index (χ1n) is 5.63. The van der Waals surface area contributed by atoms with Gasteiger partial charge in [0.2, 0.25) is 0 Å². The molecule has 0 spiro atoms. The van der Waals surface area contributed by atoms with Crippen LogP contribution in [-0.2, 0) is 0 Å². The first kappa shape index (κ1) is 12.5. The second-order valence-electron chi connectivity index (χ2n) is 3.60. The van der Waals surface area contributed by atoms with Crippen LogP contribution in [0, 0.1) is 0 Å². The first-order valence-corrected chi connectivity index (χ1v) is 5.63. The summed E-state index contributed by atoms with van der Waals surface area (Å²) in [7, 11) is 0. The molecule has 0 aliphatic rings. The molecule has 0 aromatic rings. The van der Waals surface area contributed by atoms with Gasteiger partial charge in [0, 0.05) is 0 Å². The monoisotopic (exact) mass is 180 g/mol. The summed E-state index contributed by atoms with van der Waals surface area (Å²) in [6.07, 6.45) is 13.3. The molecular weight excluding hydrogens is 156 g/mol. The molecule has 13 heavy (non-hydrogen) atoms. The van der Waals surface area contributed by atoms with Crippen LogP contribution < -0.4 is 0 Å². The van der Waals surface area contributed by atoms with Gasteiger partial charge in [0.15, 0.2) is 0 Å². The Kier molecular flexibility index (Phi) is 9.18. The third kappa shape index (κ3) is 7.83. The Hall–Kier alpha value is -0.520. The second kappa shape index (κ2) is 9.57. The van der Waals surface area contributed by atoms with Gasteiger partial charge in [0.25, 0.3) is 0 Å². The van der Waals surface area contributed by atoms with Crippen LogP contribution in [0.25, 0.3) is 0 Å². The van der Waals surface area contributed by atoms with Crippen LogP contribution in [0.15, 0.2) is 24.3 Å². The highest BCUT2D eigenvalue weighted by Gasteiger charge is 1.93. The van der Waals surface area contributed by atoms with E-state index in [0.717, 1.165) is 6.42 Å². The summed E-state index contributed by atoms with van der Waals surface area (Å²) in [6.45, 7) is 8.29. The summed E-state index contributed by atoms with van der Waals surface area (Å²) in [5, 5.41) is 0. The predicted molar refractivity (Wildman–Crippen MR) is 61.9 cm³/mol. The molecule has 0 unspecified atom stereocenters. The minimum atomic E-state index is 1.09. The molecule has 0 aliphatic carbocycles. The molecule has 0 amide bonds. The maximum atomic E-state index is 3.80. The average molecular weight is 180 g/mol. The van der Waals surface area contributed by atoms with E-state index in [1.807, 2.05) is 6.08 Å². The third-order valence-corrected chi connectivity index (χ3v) is 2.25. The van der Waals surface area contributed by atoms with Crippen LogP contribution in [0.4, 0.5) is 0 Å². The lowest BCUT2D eigenvalue weighted by Gasteiger charge is -2.03. The van der Waals surface area contributed by atoms with Crippen molar-refractivity contribution >= 4 is 0 Å². The Morgan fingerprint density at radius 1 is 1.15 bits per heavy atom. The fraction of sp³-hybridized carbons (Fsp3) is 0.692. The molecule has 76 valence electrons. The van der Waals surface area contributed by atoms with Crippen LogP contribution >= 0.6 is 0 Å². The number of allylic oxidation sites excluding steroid dienone is 3. The molecule has 0 fully saturated rings. The molecule has 0 nitrogen and oxygen atoms in total. The highest BCUT2D eigenvalue weighted by atomic mass is 14.0. The van der Waals surface area contributed by atoms with E-state index in [9.17, 15) is 0 Å². The molecule has 0 saturated heterocycles. The number of hydrogen-bond acceptors (Lipinski definition) is 0. The van der Waals surface area contributed by atoms with Crippen molar-refractivity contribution < 1.29 is 0 Å². The van der Waals surface area contributed by atoms with Crippen LogP contribution in [0.2, 0.25) is 0 Å². The molecule has 0 bridgehead atoms. The summed E-state index contributed by atoms with van der Waals surface area (Å²) < 4.78 is 0. The second-order valence-corrected chi connectivity index (χ2v) is 3.60. The molecule has 0 heteroatoms. The lowest BCUT2D eigenvalue weighted by Crippen LogP contribution is -1.83. The van der Waals surface area contributed by atoms with Crippen molar-refractivity contribution in [1.82, 2.24) is 0 Å². The van der Waals surface area contributed by atoms with Gasteiger partial charge >= 0.3 is 0 Å². The first-order chi connectivity index (χ1) is 6.35. The molecular formula is C13H24. The van der Waals surface area contributed by atoms with E-state index in [0.29, 0.717) is 0 Å². The molecule has 0 heterocycles. The van der Waals surface area contributed by atoms with E-state index in [-0.39, 0.29) is 0 Å². The van der Waals surface area contributed by atoms with Crippen molar-refractivity contribution in [3.8, 4) is 0 Å². The Labute approximate surface area is 83.7 Å². The Morgan fingerprint density at radius 2 is 1.85 bits per heavy atom. The Morgan fingerprint density at radius 3 is 2.38 bits per heavy atom. The summed E-state index contributed by atoms with van der Waals surface area (Å²) in [5.41, 5.74) is 1.59. The van der Waals surface area contributed by atoms with Crippen molar-refractivity contribution in [2.45, 2.75) is 58.8 Å². The standard InChI is InChI=1S/C13H24/c1-4-7-9-12-13(10-6-3)11-8-5-2/h6,12H,3-5,7-11H2,1-2H3/b13-12+. The largest absolute Gasteiger partial charge is 0.103 e. The molecule has 0 aromatic heterocycles. The number of unbranched alkanes of at least 4 members (excludes halogenated alkanes) is 3. The van der Waals surface area contributed by atoms with Gasteiger partial charge in [-0.05, 0) is 25.7 Å². The van der Waals surface area contributed by atoms with Crippen LogP contribution in [-0.4, -0.2) is 0 Å². The topological polar surface area (TPSA) is 0 Å². The fourth-order valence-electron chi connectivity index (χ4n) is 1.39. The van der Waals surface area contributed by atoms with Gasteiger partial charge in [-0.2, -0.15) is 0 Å². The van der Waals surface area contributed by atoms with Crippen molar-refractivity contribution in [1.29, 1.82) is 0 Å². The third-order valence-electron chi connectivity index (χ3n) is 2.25. The smallest absolute Gasteiger partial charge is 0.0142 e. The number of rotatable bonds is 8. The molecule has 0 aliphatic heterocycles. The zero-order valence-electron chi connectivity index (χ0n) is 9.31. The van der Waals surface area contributed by atoms with Crippen molar-refractivity contribution in [3.63, 3.8) is 0 Å². The van der Waals surface area contributed by atoms with E-state index < -0.39 is 0 Å². The highest BCUT2D eigenvalue weighted by molar-refractivity contribution is 5.06. The lowest BCUT2D eigenvalue weighted by atomic mass is 10.0. The van der Waals surface area contributed by atoms with E-state index in [4.69, 9.17) is 0 Å². The Bertz CT molecular complexity index is 142. The zero-order valence-corrected chi connectivity index (χ0v) is 9.31. The van der Waals surface area contributed by atoms with Gasteiger partial charge in [0.1, 0.15) is 0 Å². The molecule has 0 N–H and O–H groups in total. The van der Waals surface area contributed by atoms with E-state index in [1.54, 1.807) is 5.57 Å². The number of hydrogen-bond donors (Lipinski definition) is 0. The van der Waals surface area contributed by atoms with E-state index >= 15 is 0 Å². The van der Waals surface area contributed by atoms with Crippen LogP contribution in [0.5, 0.6) is 0 Å². The minimum absolute atomic E-state index is 1.09. The van der Waals surface area contributed by atoms with E-state index in [2.05, 4.69) is 26.5 Å². The van der Waals surface area contributed by atoms with Gasteiger partial charge in [-0.3, -0.25) is 0 Å². The maximum Gasteiger partial charge on any atom is -0.0142 e. The maximum absolute atomic E-state index is 3.80. The van der Waals surface area contributed by atoms with Crippen molar-refractivity contribution in [2.24, 2.45) is 0 Å². The van der Waals surface area contributed by atoms with Gasteiger partial charge < -0.3 is 0 Å². The fourth-order valence-corrected chi connectivity index (χ4v) is 1.39. The van der Waals surface area contributed by atoms with Gasteiger partial charge in [-0.1, -0.05) is 50.8 Å². The van der Waals surface area contributed by atoms with Crippen LogP contribution in [0.1, 0.15) is 58.8 Å². The van der Waals surface area contributed by atoms with Crippen LogP contribution in [0.3, 0.4) is 0 Å². The minimum Gasteiger partial charge on any atom is -0.103 e. The molecule has 0 aromatic carbocycles. The summed E-state index contributed by atoms with van der Waals surface area (Å²) in [5.74, 6) is 0. The highest BCUT2D eigenvalue weighted by Crippen LogP contribution is 2.13. The Balaban J connectivity index is 3.75. The normalized spacial score (nSPS) is 11.7. The molecule has 0 radical (unpaired) electrons. The molecule has 0 atom stereocenters. The summed E-state index contributed by atoms with van der Waals surface area (Å²) in [6, 6.07) is 0. The average Bonchev–Trinajstić information content (AvgIpc) is 2.14. The predicted octanol–water partition coefficient (Wildman–Crippen LogP) is 4.87. The van der Waals surface area contributed by atoms with Gasteiger partial charge in [0.05, 0.1) is 0 Å². The zero-order chi connectivity index (χ0) is 9.94. The van der Waals surface area contributed by atoms with Gasteiger partial charge in [-0.25, -0.2) is 0 Å². The summed E-state index contributed by atoms with van der Waals surface area (Å²) >= 11 is 0. The summed E-state index contributed by atoms with van der Waals surface area (Å²) in [4.78, 5) is 0. The quantitative estimate of drug-likeness (QED) is 0.369. The van der Waals surface area contributed by atoms with Gasteiger partial charge in [-0.15, -0.1) is 6.58 Å². The molecule has 0 saturated carbocycles. The molecule has 0 rings (SSSR count). The SMILES string of the molecule is C=CC/C(=C\CCCC)CCCC. The van der Waals surface area contributed by atoms with E-state index in [1.165, 1.54) is 38.5 Å². The van der Waals surface area contributed by atoms with Crippen molar-refractivity contribution in [2.75, 3.05) is 0 Å². The lowest BCUT2D eigenvalue weighted by molar-refractivity contribution is 0.757.